The highest BCUT2D eigenvalue weighted by Crippen LogP contribution is 2.26. The lowest BCUT2D eigenvalue weighted by molar-refractivity contribution is 1.28. The Bertz CT molecular complexity index is 442. The van der Waals surface area contributed by atoms with E-state index in [1.807, 2.05) is 18.2 Å². The van der Waals surface area contributed by atoms with Crippen LogP contribution in [0.15, 0.2) is 41.3 Å². The third-order valence-corrected chi connectivity index (χ3v) is 2.42. The van der Waals surface area contributed by atoms with Crippen molar-refractivity contribution >= 4 is 21.6 Å². The molecule has 0 spiro atoms. The summed E-state index contributed by atoms with van der Waals surface area (Å²) in [6.07, 6.45) is 5.11. The van der Waals surface area contributed by atoms with E-state index in [0.29, 0.717) is 5.69 Å². The van der Waals surface area contributed by atoms with E-state index in [0.717, 1.165) is 15.7 Å². The fourth-order valence-corrected chi connectivity index (χ4v) is 1.77. The second-order valence-corrected chi connectivity index (χ2v) is 3.69. The maximum absolute atomic E-state index is 5.60. The van der Waals surface area contributed by atoms with Crippen molar-refractivity contribution in [1.29, 1.82) is 0 Å². The quantitative estimate of drug-likeness (QED) is 0.845. The molecular formula is C10H8BrN3. The summed E-state index contributed by atoms with van der Waals surface area (Å²) in [7, 11) is 0. The Hall–Kier alpha value is -1.42. The smallest absolute Gasteiger partial charge is 0.0846 e. The van der Waals surface area contributed by atoms with Crippen molar-refractivity contribution < 1.29 is 0 Å². The number of nitrogens with two attached hydrogens (primary N) is 1. The number of halogens is 1. The monoisotopic (exact) mass is 249 g/mol. The van der Waals surface area contributed by atoms with Crippen molar-refractivity contribution in [2.45, 2.75) is 0 Å². The van der Waals surface area contributed by atoms with E-state index in [2.05, 4.69) is 25.9 Å². The molecule has 2 rings (SSSR count). The summed E-state index contributed by atoms with van der Waals surface area (Å²) in [5.74, 6) is 0. The number of anilines is 1. The molecule has 0 unspecified atom stereocenters. The van der Waals surface area contributed by atoms with Crippen LogP contribution in [0.3, 0.4) is 0 Å². The van der Waals surface area contributed by atoms with Gasteiger partial charge in [-0.1, -0.05) is 0 Å². The molecule has 0 aliphatic heterocycles. The zero-order valence-electron chi connectivity index (χ0n) is 7.31. The van der Waals surface area contributed by atoms with Crippen LogP contribution in [0.2, 0.25) is 0 Å². The van der Waals surface area contributed by atoms with Gasteiger partial charge in [-0.2, -0.15) is 0 Å². The standard InChI is InChI=1S/C10H8BrN3/c11-9-5-8(12)6-14-10(9)7-1-3-13-4-2-7/h1-6H,12H2. The number of pyridine rings is 2. The van der Waals surface area contributed by atoms with Gasteiger partial charge in [0.15, 0.2) is 0 Å². The SMILES string of the molecule is Nc1cnc(-c2ccncc2)c(Br)c1. The largest absolute Gasteiger partial charge is 0.397 e. The molecule has 0 bridgehead atoms. The van der Waals surface area contributed by atoms with Gasteiger partial charge in [0, 0.05) is 22.4 Å². The lowest BCUT2D eigenvalue weighted by atomic mass is 10.2. The van der Waals surface area contributed by atoms with Crippen LogP contribution >= 0.6 is 15.9 Å². The molecule has 0 saturated heterocycles. The van der Waals surface area contributed by atoms with Crippen molar-refractivity contribution in [2.75, 3.05) is 5.73 Å². The summed E-state index contributed by atoms with van der Waals surface area (Å²) in [6.45, 7) is 0. The molecular weight excluding hydrogens is 242 g/mol. The van der Waals surface area contributed by atoms with E-state index in [1.54, 1.807) is 18.6 Å². The van der Waals surface area contributed by atoms with Gasteiger partial charge in [-0.15, -0.1) is 0 Å². The molecule has 0 fully saturated rings. The van der Waals surface area contributed by atoms with Crippen molar-refractivity contribution in [1.82, 2.24) is 9.97 Å². The van der Waals surface area contributed by atoms with E-state index < -0.39 is 0 Å². The van der Waals surface area contributed by atoms with Gasteiger partial charge in [0.2, 0.25) is 0 Å². The number of nitrogen functional groups attached to an aromatic ring is 1. The average Bonchev–Trinajstić information content (AvgIpc) is 2.19. The Labute approximate surface area is 90.1 Å². The van der Waals surface area contributed by atoms with E-state index in [-0.39, 0.29) is 0 Å². The van der Waals surface area contributed by atoms with Crippen LogP contribution in [0.5, 0.6) is 0 Å². The number of aromatic nitrogens is 2. The minimum atomic E-state index is 0.648. The van der Waals surface area contributed by atoms with Gasteiger partial charge in [-0.05, 0) is 34.1 Å². The molecule has 2 aromatic rings. The zero-order valence-corrected chi connectivity index (χ0v) is 8.90. The van der Waals surface area contributed by atoms with Crippen LogP contribution in [0.25, 0.3) is 11.3 Å². The Kier molecular flexibility index (Phi) is 2.45. The molecule has 0 aliphatic rings. The normalized spacial score (nSPS) is 10.1. The van der Waals surface area contributed by atoms with Gasteiger partial charge in [0.05, 0.1) is 17.6 Å². The molecule has 0 atom stereocenters. The molecule has 14 heavy (non-hydrogen) atoms. The fraction of sp³-hybridized carbons (Fsp3) is 0. The van der Waals surface area contributed by atoms with Crippen molar-refractivity contribution in [2.24, 2.45) is 0 Å². The first-order chi connectivity index (χ1) is 6.77. The molecule has 0 amide bonds. The van der Waals surface area contributed by atoms with Gasteiger partial charge in [0.1, 0.15) is 0 Å². The molecule has 3 nitrogen and oxygen atoms in total. The summed E-state index contributed by atoms with van der Waals surface area (Å²) >= 11 is 3.42. The molecule has 2 heterocycles. The number of nitrogens with zero attached hydrogens (tertiary/aromatic N) is 2. The van der Waals surface area contributed by atoms with Gasteiger partial charge in [0.25, 0.3) is 0 Å². The first-order valence-electron chi connectivity index (χ1n) is 4.09. The lowest BCUT2D eigenvalue weighted by Crippen LogP contribution is -1.90. The Balaban J connectivity index is 2.53. The van der Waals surface area contributed by atoms with Crippen LogP contribution in [0.1, 0.15) is 0 Å². The van der Waals surface area contributed by atoms with Crippen LogP contribution in [0.4, 0.5) is 5.69 Å². The Morgan fingerprint density at radius 2 is 1.93 bits per heavy atom. The molecule has 4 heteroatoms. The topological polar surface area (TPSA) is 51.8 Å². The van der Waals surface area contributed by atoms with E-state index in [1.165, 1.54) is 0 Å². The van der Waals surface area contributed by atoms with E-state index in [4.69, 9.17) is 5.73 Å². The van der Waals surface area contributed by atoms with Crippen LogP contribution in [-0.2, 0) is 0 Å². The summed E-state index contributed by atoms with van der Waals surface area (Å²) in [6, 6.07) is 5.65. The summed E-state index contributed by atoms with van der Waals surface area (Å²) in [4.78, 5) is 8.20. The third kappa shape index (κ3) is 1.75. The molecule has 2 N–H and O–H groups in total. The first-order valence-corrected chi connectivity index (χ1v) is 4.88. The Morgan fingerprint density at radius 3 is 2.57 bits per heavy atom. The van der Waals surface area contributed by atoms with Crippen molar-refractivity contribution in [3.63, 3.8) is 0 Å². The van der Waals surface area contributed by atoms with Gasteiger partial charge >= 0.3 is 0 Å². The van der Waals surface area contributed by atoms with Gasteiger partial charge in [-0.3, -0.25) is 9.97 Å². The van der Waals surface area contributed by atoms with Gasteiger partial charge in [-0.25, -0.2) is 0 Å². The molecule has 0 saturated carbocycles. The third-order valence-electron chi connectivity index (χ3n) is 1.82. The van der Waals surface area contributed by atoms with E-state index >= 15 is 0 Å². The fourth-order valence-electron chi connectivity index (χ4n) is 1.17. The Morgan fingerprint density at radius 1 is 1.21 bits per heavy atom. The minimum absolute atomic E-state index is 0.648. The molecule has 0 radical (unpaired) electrons. The molecule has 70 valence electrons. The predicted octanol–water partition coefficient (Wildman–Crippen LogP) is 2.49. The van der Waals surface area contributed by atoms with Crippen LogP contribution in [0, 0.1) is 0 Å². The van der Waals surface area contributed by atoms with E-state index in [9.17, 15) is 0 Å². The summed E-state index contributed by atoms with van der Waals surface area (Å²) in [5.41, 5.74) is 8.15. The summed E-state index contributed by atoms with van der Waals surface area (Å²) in [5, 5.41) is 0. The highest BCUT2D eigenvalue weighted by atomic mass is 79.9. The molecule has 0 aromatic carbocycles. The predicted molar refractivity (Wildman–Crippen MR) is 59.6 cm³/mol. The maximum atomic E-state index is 5.60. The van der Waals surface area contributed by atoms with Crippen LogP contribution in [-0.4, -0.2) is 9.97 Å². The van der Waals surface area contributed by atoms with Crippen molar-refractivity contribution in [3.8, 4) is 11.3 Å². The first kappa shape index (κ1) is 9.15. The minimum Gasteiger partial charge on any atom is -0.397 e. The zero-order chi connectivity index (χ0) is 9.97. The highest BCUT2D eigenvalue weighted by Gasteiger charge is 2.03. The molecule has 0 aliphatic carbocycles. The number of rotatable bonds is 1. The number of hydrogen-bond donors (Lipinski definition) is 1. The van der Waals surface area contributed by atoms with Gasteiger partial charge < -0.3 is 5.73 Å². The second kappa shape index (κ2) is 3.75. The number of hydrogen-bond acceptors (Lipinski definition) is 3. The molecule has 2 aromatic heterocycles. The summed E-state index contributed by atoms with van der Waals surface area (Å²) < 4.78 is 0.892. The van der Waals surface area contributed by atoms with Crippen molar-refractivity contribution in [3.05, 3.63) is 41.3 Å². The highest BCUT2D eigenvalue weighted by molar-refractivity contribution is 9.10. The van der Waals surface area contributed by atoms with Crippen LogP contribution < -0.4 is 5.73 Å². The maximum Gasteiger partial charge on any atom is 0.0846 e. The average molecular weight is 250 g/mol. The second-order valence-electron chi connectivity index (χ2n) is 2.83. The lowest BCUT2D eigenvalue weighted by Gasteiger charge is -2.03.